The third-order valence-electron chi connectivity index (χ3n) is 5.09. The van der Waals surface area contributed by atoms with Crippen molar-refractivity contribution in [2.45, 2.75) is 26.7 Å². The lowest BCUT2D eigenvalue weighted by Crippen LogP contribution is -2.40. The summed E-state index contributed by atoms with van der Waals surface area (Å²) < 4.78 is 0. The van der Waals surface area contributed by atoms with E-state index in [1.807, 2.05) is 0 Å². The molecule has 5 heteroatoms. The van der Waals surface area contributed by atoms with E-state index >= 15 is 0 Å². The maximum atomic E-state index is 13.0. The Balaban J connectivity index is 2.13. The highest BCUT2D eigenvalue weighted by Crippen LogP contribution is 2.46. The van der Waals surface area contributed by atoms with Crippen LogP contribution in [-0.2, 0) is 9.59 Å². The van der Waals surface area contributed by atoms with Crippen molar-refractivity contribution in [1.82, 2.24) is 0 Å². The molecular formula is C20H18O5. The maximum absolute atomic E-state index is 13.0. The molecule has 0 heterocycles. The molecule has 0 amide bonds. The van der Waals surface area contributed by atoms with E-state index in [-0.39, 0.29) is 45.5 Å². The second-order valence-corrected chi connectivity index (χ2v) is 6.78. The minimum Gasteiger partial charge on any atom is -0.508 e. The molecule has 1 aromatic carbocycles. The number of phenolic OH excluding ortho intramolecular Hbond substituents is 1. The van der Waals surface area contributed by atoms with Gasteiger partial charge in [0.2, 0.25) is 0 Å². The summed E-state index contributed by atoms with van der Waals surface area (Å²) in [7, 11) is 0. The van der Waals surface area contributed by atoms with E-state index in [4.69, 9.17) is 0 Å². The van der Waals surface area contributed by atoms with Crippen molar-refractivity contribution in [3.63, 3.8) is 0 Å². The monoisotopic (exact) mass is 338 g/mol. The lowest BCUT2D eigenvalue weighted by atomic mass is 9.62. The zero-order chi connectivity index (χ0) is 18.4. The molecule has 0 saturated carbocycles. The van der Waals surface area contributed by atoms with Crippen LogP contribution in [0.15, 0.2) is 41.5 Å². The van der Waals surface area contributed by atoms with Gasteiger partial charge in [0.05, 0.1) is 5.41 Å². The van der Waals surface area contributed by atoms with Crippen molar-refractivity contribution in [2.75, 3.05) is 0 Å². The summed E-state index contributed by atoms with van der Waals surface area (Å²) >= 11 is 0. The zero-order valence-corrected chi connectivity index (χ0v) is 14.0. The summed E-state index contributed by atoms with van der Waals surface area (Å²) in [5.74, 6) is -1.21. The lowest BCUT2D eigenvalue weighted by molar-refractivity contribution is -0.119. The van der Waals surface area contributed by atoms with E-state index in [1.54, 1.807) is 19.1 Å². The number of allylic oxidation sites excluding steroid dienone is 4. The normalized spacial score (nSPS) is 24.8. The van der Waals surface area contributed by atoms with E-state index in [0.717, 1.165) is 0 Å². The van der Waals surface area contributed by atoms with Crippen molar-refractivity contribution < 1.29 is 24.3 Å². The number of ketones is 3. The Kier molecular flexibility index (Phi) is 4.03. The van der Waals surface area contributed by atoms with Crippen molar-refractivity contribution in [2.24, 2.45) is 11.3 Å². The molecule has 128 valence electrons. The molecule has 0 radical (unpaired) electrons. The minimum absolute atomic E-state index is 0.00254. The Morgan fingerprint density at radius 3 is 2.60 bits per heavy atom. The van der Waals surface area contributed by atoms with E-state index in [1.165, 1.54) is 25.1 Å². The van der Waals surface area contributed by atoms with Crippen LogP contribution in [0.4, 0.5) is 0 Å². The standard InChI is InChI=1S/C20H18O5/c1-11(22)3-4-12-5-7-15-17(20(12,2)10-21)19(25)16-9-13(23)6-8-14(16)18(15)24/h5-10,12,23H,3-4H2,1-2H3/t12-,20-/m1/s1. The van der Waals surface area contributed by atoms with Gasteiger partial charge in [-0.25, -0.2) is 0 Å². The van der Waals surface area contributed by atoms with Crippen LogP contribution in [0.25, 0.3) is 0 Å². The molecule has 1 N–H and O–H groups in total. The smallest absolute Gasteiger partial charge is 0.194 e. The van der Waals surface area contributed by atoms with Gasteiger partial charge >= 0.3 is 0 Å². The molecule has 0 spiro atoms. The number of rotatable bonds is 4. The summed E-state index contributed by atoms with van der Waals surface area (Å²) in [6.45, 7) is 3.10. The van der Waals surface area contributed by atoms with Gasteiger partial charge in [0, 0.05) is 28.7 Å². The van der Waals surface area contributed by atoms with Crippen LogP contribution in [0, 0.1) is 11.3 Å². The van der Waals surface area contributed by atoms with Crippen LogP contribution in [0.2, 0.25) is 0 Å². The fourth-order valence-electron chi connectivity index (χ4n) is 3.63. The molecule has 2 aliphatic carbocycles. The minimum atomic E-state index is -1.19. The molecule has 0 saturated heterocycles. The average molecular weight is 338 g/mol. The first-order valence-electron chi connectivity index (χ1n) is 8.10. The number of carbonyl (C=O) groups excluding carboxylic acids is 4. The summed E-state index contributed by atoms with van der Waals surface area (Å²) in [6, 6.07) is 4.03. The van der Waals surface area contributed by atoms with Gasteiger partial charge < -0.3 is 14.7 Å². The SMILES string of the molecule is CC(=O)CC[C@@H]1C=CC2=C(C(=O)c3cc(O)ccc3C2=O)[C@]1(C)C=O. The predicted octanol–water partition coefficient (Wildman–Crippen LogP) is 2.83. The number of aldehydes is 1. The molecule has 0 unspecified atom stereocenters. The van der Waals surface area contributed by atoms with Crippen LogP contribution < -0.4 is 0 Å². The van der Waals surface area contributed by atoms with Crippen molar-refractivity contribution in [3.8, 4) is 5.75 Å². The van der Waals surface area contributed by atoms with Gasteiger partial charge in [-0.05, 0) is 44.4 Å². The molecule has 0 aromatic heterocycles. The maximum Gasteiger partial charge on any atom is 0.194 e. The van der Waals surface area contributed by atoms with Gasteiger partial charge in [-0.15, -0.1) is 0 Å². The van der Waals surface area contributed by atoms with Crippen LogP contribution in [0.3, 0.4) is 0 Å². The fraction of sp³-hybridized carbons (Fsp3) is 0.300. The van der Waals surface area contributed by atoms with Crippen LogP contribution in [-0.4, -0.2) is 28.7 Å². The largest absolute Gasteiger partial charge is 0.508 e. The second-order valence-electron chi connectivity index (χ2n) is 6.78. The highest BCUT2D eigenvalue weighted by atomic mass is 16.3. The molecule has 0 bridgehead atoms. The quantitative estimate of drug-likeness (QED) is 0.853. The number of phenols is 1. The number of fused-ring (bicyclic) bond motifs is 1. The summed E-state index contributed by atoms with van der Waals surface area (Å²) in [5, 5.41) is 9.67. The van der Waals surface area contributed by atoms with Crippen molar-refractivity contribution in [3.05, 3.63) is 52.6 Å². The lowest BCUT2D eigenvalue weighted by Gasteiger charge is -2.38. The zero-order valence-electron chi connectivity index (χ0n) is 14.0. The third kappa shape index (κ3) is 2.56. The number of benzene rings is 1. The number of hydrogen-bond donors (Lipinski definition) is 1. The van der Waals surface area contributed by atoms with Crippen molar-refractivity contribution >= 4 is 23.6 Å². The highest BCUT2D eigenvalue weighted by Gasteiger charge is 2.47. The summed E-state index contributed by atoms with van der Waals surface area (Å²) in [4.78, 5) is 49.1. The van der Waals surface area contributed by atoms with E-state index < -0.39 is 11.2 Å². The Hall–Kier alpha value is -2.82. The number of carbonyl (C=O) groups is 4. The number of Topliss-reactive ketones (excluding diaryl/α,β-unsaturated/α-hetero) is 3. The summed E-state index contributed by atoms with van der Waals surface area (Å²) in [6.07, 6.45) is 4.73. The molecular weight excluding hydrogens is 320 g/mol. The molecule has 0 aliphatic heterocycles. The topological polar surface area (TPSA) is 88.5 Å². The first kappa shape index (κ1) is 17.0. The van der Waals surface area contributed by atoms with Gasteiger partial charge in [-0.1, -0.05) is 12.2 Å². The fourth-order valence-corrected chi connectivity index (χ4v) is 3.63. The average Bonchev–Trinajstić information content (AvgIpc) is 2.58. The molecule has 5 nitrogen and oxygen atoms in total. The molecule has 2 atom stereocenters. The first-order chi connectivity index (χ1) is 11.8. The number of hydrogen-bond acceptors (Lipinski definition) is 5. The Morgan fingerprint density at radius 2 is 1.96 bits per heavy atom. The van der Waals surface area contributed by atoms with Gasteiger partial charge in [0.15, 0.2) is 11.6 Å². The second kappa shape index (κ2) is 5.92. The Labute approximate surface area is 145 Å². The predicted molar refractivity (Wildman–Crippen MR) is 90.5 cm³/mol. The van der Waals surface area contributed by atoms with E-state index in [9.17, 15) is 24.3 Å². The molecule has 2 aliphatic rings. The van der Waals surface area contributed by atoms with Crippen LogP contribution >= 0.6 is 0 Å². The Bertz CT molecular complexity index is 874. The van der Waals surface area contributed by atoms with Gasteiger partial charge in [0.1, 0.15) is 17.8 Å². The number of aromatic hydroxyl groups is 1. The highest BCUT2D eigenvalue weighted by molar-refractivity contribution is 6.29. The van der Waals surface area contributed by atoms with Crippen molar-refractivity contribution in [1.29, 1.82) is 0 Å². The van der Waals surface area contributed by atoms with Crippen LogP contribution in [0.1, 0.15) is 47.4 Å². The van der Waals surface area contributed by atoms with Gasteiger partial charge in [-0.2, -0.15) is 0 Å². The summed E-state index contributed by atoms with van der Waals surface area (Å²) in [5.41, 5.74) is -0.479. The van der Waals surface area contributed by atoms with E-state index in [2.05, 4.69) is 0 Å². The molecule has 1 aromatic rings. The van der Waals surface area contributed by atoms with E-state index in [0.29, 0.717) is 19.1 Å². The molecule has 25 heavy (non-hydrogen) atoms. The van der Waals surface area contributed by atoms with Gasteiger partial charge in [-0.3, -0.25) is 9.59 Å². The molecule has 3 rings (SSSR count). The molecule has 0 fully saturated rings. The van der Waals surface area contributed by atoms with Crippen LogP contribution in [0.5, 0.6) is 5.75 Å². The third-order valence-corrected chi connectivity index (χ3v) is 5.09. The van der Waals surface area contributed by atoms with Gasteiger partial charge in [0.25, 0.3) is 0 Å². The first-order valence-corrected chi connectivity index (χ1v) is 8.10. The Morgan fingerprint density at radius 1 is 1.24 bits per heavy atom.